The minimum atomic E-state index is 0.0537. The van der Waals surface area contributed by atoms with Crippen LogP contribution in [0.3, 0.4) is 0 Å². The van der Waals surface area contributed by atoms with E-state index >= 15 is 0 Å². The van der Waals surface area contributed by atoms with Crippen LogP contribution in [0.15, 0.2) is 72.8 Å². The van der Waals surface area contributed by atoms with Gasteiger partial charge in [0.25, 0.3) is 0 Å². The van der Waals surface area contributed by atoms with Gasteiger partial charge in [-0.2, -0.15) is 0 Å². The molecule has 25 heavy (non-hydrogen) atoms. The van der Waals surface area contributed by atoms with Crippen molar-refractivity contribution < 1.29 is 14.6 Å². The van der Waals surface area contributed by atoms with Crippen LogP contribution in [0.25, 0.3) is 0 Å². The molecule has 0 saturated carbocycles. The van der Waals surface area contributed by atoms with Gasteiger partial charge in [-0.1, -0.05) is 60.7 Å². The van der Waals surface area contributed by atoms with Crippen LogP contribution < -0.4 is 9.47 Å². The van der Waals surface area contributed by atoms with Crippen molar-refractivity contribution in [1.82, 2.24) is 0 Å². The van der Waals surface area contributed by atoms with Crippen LogP contribution in [-0.2, 0) is 19.1 Å². The molecule has 0 aromatic heterocycles. The molecule has 0 fully saturated rings. The van der Waals surface area contributed by atoms with Gasteiger partial charge >= 0.3 is 0 Å². The summed E-state index contributed by atoms with van der Waals surface area (Å²) in [5, 5.41) is 10.3. The third-order valence-corrected chi connectivity index (χ3v) is 4.04. The molecule has 0 radical (unpaired) electrons. The van der Waals surface area contributed by atoms with Gasteiger partial charge in [0.1, 0.15) is 19.0 Å². The van der Waals surface area contributed by atoms with Gasteiger partial charge in [-0.25, -0.2) is 0 Å². The Balaban J connectivity index is 1.75. The number of hydrogen-bond donors (Lipinski definition) is 1. The number of phenols is 1. The van der Waals surface area contributed by atoms with Crippen molar-refractivity contribution in [3.63, 3.8) is 0 Å². The third-order valence-electron chi connectivity index (χ3n) is 3.76. The normalized spacial score (nSPS) is 10.4. The average Bonchev–Trinajstić information content (AvgIpc) is 2.67. The summed E-state index contributed by atoms with van der Waals surface area (Å²) in [5.41, 5.74) is 2.66. The van der Waals surface area contributed by atoms with Gasteiger partial charge in [-0.15, -0.1) is 11.6 Å². The number of benzene rings is 3. The van der Waals surface area contributed by atoms with E-state index in [1.54, 1.807) is 12.1 Å². The van der Waals surface area contributed by atoms with Gasteiger partial charge in [-0.3, -0.25) is 0 Å². The van der Waals surface area contributed by atoms with Crippen LogP contribution in [-0.4, -0.2) is 5.11 Å². The molecule has 0 bridgehead atoms. The van der Waals surface area contributed by atoms with E-state index in [1.165, 1.54) is 0 Å². The third kappa shape index (κ3) is 4.68. The molecule has 3 aromatic carbocycles. The van der Waals surface area contributed by atoms with E-state index in [-0.39, 0.29) is 11.6 Å². The molecule has 1 N–H and O–H groups in total. The number of phenolic OH excluding ortho intramolecular Hbond substituents is 1. The van der Waals surface area contributed by atoms with Crippen LogP contribution >= 0.6 is 11.6 Å². The lowest BCUT2D eigenvalue weighted by atomic mass is 10.2. The van der Waals surface area contributed by atoms with Gasteiger partial charge < -0.3 is 14.6 Å². The van der Waals surface area contributed by atoms with E-state index in [1.807, 2.05) is 60.7 Å². The SMILES string of the molecule is Oc1c(CCl)cc(OCc2ccccc2)cc1OCc1ccccc1. The van der Waals surface area contributed by atoms with Gasteiger partial charge in [0.05, 0.1) is 5.88 Å². The first kappa shape index (κ1) is 17.2. The number of halogens is 1. The Morgan fingerprint density at radius 1 is 0.760 bits per heavy atom. The molecule has 0 heterocycles. The first-order chi connectivity index (χ1) is 12.3. The first-order valence-electron chi connectivity index (χ1n) is 8.01. The number of hydrogen-bond acceptors (Lipinski definition) is 3. The van der Waals surface area contributed by atoms with E-state index in [0.29, 0.717) is 30.3 Å². The maximum atomic E-state index is 10.3. The Bertz CT molecular complexity index is 804. The Kier molecular flexibility index (Phi) is 5.81. The lowest BCUT2D eigenvalue weighted by Gasteiger charge is -2.14. The molecule has 0 aliphatic rings. The average molecular weight is 355 g/mol. The summed E-state index contributed by atoms with van der Waals surface area (Å²) in [6.07, 6.45) is 0. The van der Waals surface area contributed by atoms with E-state index < -0.39 is 0 Å². The fourth-order valence-electron chi connectivity index (χ4n) is 2.41. The molecular formula is C21H19ClO3. The van der Waals surface area contributed by atoms with Crippen molar-refractivity contribution in [1.29, 1.82) is 0 Å². The number of aromatic hydroxyl groups is 1. The molecule has 0 saturated heterocycles. The summed E-state index contributed by atoms with van der Waals surface area (Å²) in [6, 6.07) is 23.1. The summed E-state index contributed by atoms with van der Waals surface area (Å²) < 4.78 is 11.6. The summed E-state index contributed by atoms with van der Waals surface area (Å²) in [6.45, 7) is 0.795. The van der Waals surface area contributed by atoms with Crippen molar-refractivity contribution >= 4 is 11.6 Å². The summed E-state index contributed by atoms with van der Waals surface area (Å²) >= 11 is 5.94. The molecule has 4 heteroatoms. The molecule has 0 aliphatic carbocycles. The topological polar surface area (TPSA) is 38.7 Å². The van der Waals surface area contributed by atoms with Gasteiger partial charge in [-0.05, 0) is 17.2 Å². The molecule has 0 aliphatic heterocycles. The van der Waals surface area contributed by atoms with Crippen LogP contribution in [0.1, 0.15) is 16.7 Å². The lowest BCUT2D eigenvalue weighted by Crippen LogP contribution is -1.99. The van der Waals surface area contributed by atoms with E-state index in [9.17, 15) is 5.11 Å². The Labute approximate surface area is 152 Å². The number of alkyl halides is 1. The van der Waals surface area contributed by atoms with Crippen LogP contribution in [0, 0.1) is 0 Å². The maximum absolute atomic E-state index is 10.3. The first-order valence-corrected chi connectivity index (χ1v) is 8.55. The second-order valence-corrected chi connectivity index (χ2v) is 5.88. The van der Waals surface area contributed by atoms with Gasteiger partial charge in [0.2, 0.25) is 0 Å². The highest BCUT2D eigenvalue weighted by molar-refractivity contribution is 6.17. The number of rotatable bonds is 7. The molecule has 3 nitrogen and oxygen atoms in total. The largest absolute Gasteiger partial charge is 0.504 e. The molecule has 128 valence electrons. The van der Waals surface area contributed by atoms with Crippen molar-refractivity contribution in [3.05, 3.63) is 89.5 Å². The predicted molar refractivity (Wildman–Crippen MR) is 99.2 cm³/mol. The zero-order valence-electron chi connectivity index (χ0n) is 13.7. The fraction of sp³-hybridized carbons (Fsp3) is 0.143. The second kappa shape index (κ2) is 8.45. The predicted octanol–water partition coefficient (Wildman–Crippen LogP) is 5.29. The highest BCUT2D eigenvalue weighted by atomic mass is 35.5. The summed E-state index contributed by atoms with van der Waals surface area (Å²) in [4.78, 5) is 0. The Hall–Kier alpha value is -2.65. The quantitative estimate of drug-likeness (QED) is 0.586. The fourth-order valence-corrected chi connectivity index (χ4v) is 2.61. The minimum absolute atomic E-state index is 0.0537. The van der Waals surface area contributed by atoms with Crippen molar-refractivity contribution in [2.75, 3.05) is 0 Å². The summed E-state index contributed by atoms with van der Waals surface area (Å²) in [7, 11) is 0. The second-order valence-electron chi connectivity index (χ2n) is 5.61. The highest BCUT2D eigenvalue weighted by Crippen LogP contribution is 2.36. The van der Waals surface area contributed by atoms with Crippen LogP contribution in [0.4, 0.5) is 0 Å². The number of ether oxygens (including phenoxy) is 2. The van der Waals surface area contributed by atoms with Crippen molar-refractivity contribution in [2.45, 2.75) is 19.1 Å². The zero-order chi connectivity index (χ0) is 17.5. The summed E-state index contributed by atoms with van der Waals surface area (Å²) in [5.74, 6) is 1.21. The van der Waals surface area contributed by atoms with Crippen LogP contribution in [0.2, 0.25) is 0 Å². The standard InChI is InChI=1S/C21H19ClO3/c22-13-18-11-19(24-14-16-7-3-1-4-8-16)12-20(21(18)23)25-15-17-9-5-2-6-10-17/h1-12,23H,13-15H2. The molecular weight excluding hydrogens is 336 g/mol. The minimum Gasteiger partial charge on any atom is -0.504 e. The smallest absolute Gasteiger partial charge is 0.165 e. The molecule has 0 unspecified atom stereocenters. The van der Waals surface area contributed by atoms with Crippen LogP contribution in [0.5, 0.6) is 17.2 Å². The highest BCUT2D eigenvalue weighted by Gasteiger charge is 2.12. The van der Waals surface area contributed by atoms with E-state index in [2.05, 4.69) is 0 Å². The molecule has 0 spiro atoms. The maximum Gasteiger partial charge on any atom is 0.165 e. The van der Waals surface area contributed by atoms with Gasteiger partial charge in [0.15, 0.2) is 11.5 Å². The Morgan fingerprint density at radius 2 is 1.32 bits per heavy atom. The monoisotopic (exact) mass is 354 g/mol. The van der Waals surface area contributed by atoms with E-state index in [0.717, 1.165) is 11.1 Å². The molecule has 0 atom stereocenters. The Morgan fingerprint density at radius 3 is 1.88 bits per heavy atom. The molecule has 3 aromatic rings. The lowest BCUT2D eigenvalue weighted by molar-refractivity contribution is 0.277. The van der Waals surface area contributed by atoms with Crippen molar-refractivity contribution in [2.24, 2.45) is 0 Å². The van der Waals surface area contributed by atoms with E-state index in [4.69, 9.17) is 21.1 Å². The van der Waals surface area contributed by atoms with Gasteiger partial charge in [0, 0.05) is 11.6 Å². The zero-order valence-corrected chi connectivity index (χ0v) is 14.4. The molecule has 3 rings (SSSR count). The molecule has 0 amide bonds. The van der Waals surface area contributed by atoms with Crippen molar-refractivity contribution in [3.8, 4) is 17.2 Å².